The number of aromatic nitrogens is 2. The van der Waals surface area contributed by atoms with Crippen LogP contribution in [0.3, 0.4) is 0 Å². The number of ether oxygens (including phenoxy) is 1. The van der Waals surface area contributed by atoms with E-state index in [9.17, 15) is 4.79 Å². The Bertz CT molecular complexity index is 1210. The van der Waals surface area contributed by atoms with Crippen LogP contribution in [0.1, 0.15) is 18.7 Å². The normalized spacial score (nSPS) is 13.7. The summed E-state index contributed by atoms with van der Waals surface area (Å²) in [4.78, 5) is 23.7. The minimum absolute atomic E-state index is 0.0224. The van der Waals surface area contributed by atoms with E-state index in [1.807, 2.05) is 54.6 Å². The molecule has 0 atom stereocenters. The van der Waals surface area contributed by atoms with Crippen molar-refractivity contribution >= 4 is 28.1 Å². The van der Waals surface area contributed by atoms with Crippen LogP contribution in [-0.4, -0.2) is 42.2 Å². The summed E-state index contributed by atoms with van der Waals surface area (Å²) in [6.45, 7) is 3.25. The molecule has 1 saturated heterocycles. The first kappa shape index (κ1) is 22.3. The van der Waals surface area contributed by atoms with Crippen molar-refractivity contribution in [3.05, 3.63) is 72.1 Å². The van der Waals surface area contributed by atoms with Crippen LogP contribution in [0.4, 0.5) is 10.8 Å². The standard InChI is InChI=1S/C26H26N4O3S/c31-24(7-4-8-25-27-17-23(33-25)20-5-2-1-3-6-20)28-21-11-9-19(10-12-21)22-18-34-26(29-22)30-13-15-32-16-14-30/h1-3,5-6,9-12,17-18H,4,7-8,13-16H2,(H,28,31). The predicted molar refractivity (Wildman–Crippen MR) is 134 cm³/mol. The number of benzene rings is 2. The third-order valence-corrected chi connectivity index (χ3v) is 6.55. The van der Waals surface area contributed by atoms with Gasteiger partial charge < -0.3 is 19.4 Å². The minimum atomic E-state index is -0.0224. The van der Waals surface area contributed by atoms with Gasteiger partial charge in [-0.1, -0.05) is 42.5 Å². The number of aryl methyl sites for hydroxylation is 1. The third-order valence-electron chi connectivity index (χ3n) is 5.64. The smallest absolute Gasteiger partial charge is 0.224 e. The number of thiazole rings is 1. The van der Waals surface area contributed by atoms with Gasteiger partial charge >= 0.3 is 0 Å². The van der Waals surface area contributed by atoms with Gasteiger partial charge in [0.2, 0.25) is 5.91 Å². The molecule has 1 aliphatic rings. The SMILES string of the molecule is O=C(CCCc1ncc(-c2ccccc2)o1)Nc1ccc(-c2csc(N3CCOCC3)n2)cc1. The fraction of sp³-hybridized carbons (Fsp3) is 0.269. The van der Waals surface area contributed by atoms with Crippen LogP contribution in [-0.2, 0) is 16.0 Å². The van der Waals surface area contributed by atoms with Crippen LogP contribution in [0.2, 0.25) is 0 Å². The molecule has 3 heterocycles. The lowest BCUT2D eigenvalue weighted by Gasteiger charge is -2.26. The van der Waals surface area contributed by atoms with E-state index in [1.54, 1.807) is 17.5 Å². The summed E-state index contributed by atoms with van der Waals surface area (Å²) in [6.07, 6.45) is 3.43. The molecule has 174 valence electrons. The van der Waals surface area contributed by atoms with Gasteiger partial charge in [0.1, 0.15) is 0 Å². The van der Waals surface area contributed by atoms with E-state index in [1.165, 1.54) is 0 Å². The van der Waals surface area contributed by atoms with Gasteiger partial charge in [0.05, 0.1) is 25.1 Å². The van der Waals surface area contributed by atoms with Gasteiger partial charge in [0.15, 0.2) is 16.8 Å². The van der Waals surface area contributed by atoms with Crippen LogP contribution >= 0.6 is 11.3 Å². The van der Waals surface area contributed by atoms with E-state index in [4.69, 9.17) is 14.1 Å². The Kier molecular flexibility index (Phi) is 6.97. The highest BCUT2D eigenvalue weighted by atomic mass is 32.1. The monoisotopic (exact) mass is 474 g/mol. The van der Waals surface area contributed by atoms with Gasteiger partial charge in [-0.25, -0.2) is 9.97 Å². The van der Waals surface area contributed by atoms with Gasteiger partial charge in [-0.05, 0) is 18.6 Å². The zero-order valence-electron chi connectivity index (χ0n) is 18.8. The van der Waals surface area contributed by atoms with Crippen molar-refractivity contribution in [2.45, 2.75) is 19.3 Å². The average molecular weight is 475 g/mol. The maximum atomic E-state index is 12.4. The highest BCUT2D eigenvalue weighted by Crippen LogP contribution is 2.28. The van der Waals surface area contributed by atoms with Crippen LogP contribution in [0.15, 0.2) is 70.6 Å². The molecular formula is C26H26N4O3S. The third kappa shape index (κ3) is 5.52. The summed E-state index contributed by atoms with van der Waals surface area (Å²) < 4.78 is 11.2. The van der Waals surface area contributed by atoms with Crippen molar-refractivity contribution in [3.8, 4) is 22.6 Å². The summed E-state index contributed by atoms with van der Waals surface area (Å²) in [5, 5.41) is 6.06. The molecule has 0 aliphatic carbocycles. The number of nitrogens with one attached hydrogen (secondary N) is 1. The molecule has 0 unspecified atom stereocenters. The Balaban J connectivity index is 1.10. The Labute approximate surface area is 202 Å². The quantitative estimate of drug-likeness (QED) is 0.375. The number of rotatable bonds is 8. The lowest BCUT2D eigenvalue weighted by Crippen LogP contribution is -2.36. The molecule has 1 amide bonds. The van der Waals surface area contributed by atoms with Gasteiger partial charge in [0, 0.05) is 48.1 Å². The first-order chi connectivity index (χ1) is 16.7. The summed E-state index contributed by atoms with van der Waals surface area (Å²) in [6, 6.07) is 17.7. The Morgan fingerprint density at radius 1 is 1.03 bits per heavy atom. The lowest BCUT2D eigenvalue weighted by molar-refractivity contribution is -0.116. The van der Waals surface area contributed by atoms with E-state index in [2.05, 4.69) is 20.6 Å². The van der Waals surface area contributed by atoms with Crippen LogP contribution in [0.5, 0.6) is 0 Å². The first-order valence-corrected chi connectivity index (χ1v) is 12.3. The molecule has 2 aromatic heterocycles. The average Bonchev–Trinajstić information content (AvgIpc) is 3.56. The molecule has 0 radical (unpaired) electrons. The van der Waals surface area contributed by atoms with Gasteiger partial charge in [-0.3, -0.25) is 4.79 Å². The summed E-state index contributed by atoms with van der Waals surface area (Å²) in [7, 11) is 0. The van der Waals surface area contributed by atoms with E-state index in [0.29, 0.717) is 25.2 Å². The predicted octanol–water partition coefficient (Wildman–Crippen LogP) is 5.26. The number of oxazole rings is 1. The minimum Gasteiger partial charge on any atom is -0.441 e. The zero-order valence-corrected chi connectivity index (χ0v) is 19.6. The maximum absolute atomic E-state index is 12.4. The molecule has 1 aliphatic heterocycles. The molecule has 7 nitrogen and oxygen atoms in total. The van der Waals surface area contributed by atoms with E-state index in [-0.39, 0.29) is 5.91 Å². The molecule has 4 aromatic rings. The van der Waals surface area contributed by atoms with Crippen LogP contribution in [0.25, 0.3) is 22.6 Å². The molecule has 1 fully saturated rings. The van der Waals surface area contributed by atoms with Crippen molar-refractivity contribution in [1.82, 2.24) is 9.97 Å². The molecule has 8 heteroatoms. The highest BCUT2D eigenvalue weighted by Gasteiger charge is 2.15. The molecule has 2 aromatic carbocycles. The Morgan fingerprint density at radius 2 is 1.82 bits per heavy atom. The molecular weight excluding hydrogens is 448 g/mol. The topological polar surface area (TPSA) is 80.5 Å². The maximum Gasteiger partial charge on any atom is 0.224 e. The number of carbonyl (C=O) groups is 1. The fourth-order valence-corrected chi connectivity index (χ4v) is 4.69. The van der Waals surface area contributed by atoms with E-state index < -0.39 is 0 Å². The van der Waals surface area contributed by atoms with Crippen LogP contribution in [0, 0.1) is 0 Å². The number of hydrogen-bond acceptors (Lipinski definition) is 7. The largest absolute Gasteiger partial charge is 0.441 e. The number of carbonyl (C=O) groups excluding carboxylic acids is 1. The van der Waals surface area contributed by atoms with Crippen LogP contribution < -0.4 is 10.2 Å². The molecule has 1 N–H and O–H groups in total. The van der Waals surface area contributed by atoms with Gasteiger partial charge in [0.25, 0.3) is 0 Å². The molecule has 0 saturated carbocycles. The molecule has 34 heavy (non-hydrogen) atoms. The zero-order chi connectivity index (χ0) is 23.2. The molecule has 0 bridgehead atoms. The van der Waals surface area contributed by atoms with E-state index in [0.717, 1.165) is 59.7 Å². The fourth-order valence-electron chi connectivity index (χ4n) is 3.81. The second-order valence-corrected chi connectivity index (χ2v) is 8.91. The Hall–Kier alpha value is -3.49. The highest BCUT2D eigenvalue weighted by molar-refractivity contribution is 7.14. The second-order valence-electron chi connectivity index (χ2n) is 8.08. The number of amides is 1. The number of anilines is 2. The van der Waals surface area contributed by atoms with Crippen molar-refractivity contribution in [3.63, 3.8) is 0 Å². The van der Waals surface area contributed by atoms with Crippen molar-refractivity contribution in [2.24, 2.45) is 0 Å². The lowest BCUT2D eigenvalue weighted by atomic mass is 10.1. The second kappa shape index (κ2) is 10.6. The van der Waals surface area contributed by atoms with Gasteiger partial charge in [-0.2, -0.15) is 0 Å². The summed E-state index contributed by atoms with van der Waals surface area (Å²) in [5.74, 6) is 1.37. The number of hydrogen-bond donors (Lipinski definition) is 1. The Morgan fingerprint density at radius 3 is 2.62 bits per heavy atom. The number of morpholine rings is 1. The summed E-state index contributed by atoms with van der Waals surface area (Å²) in [5.41, 5.74) is 3.76. The van der Waals surface area contributed by atoms with E-state index >= 15 is 0 Å². The molecule has 0 spiro atoms. The summed E-state index contributed by atoms with van der Waals surface area (Å²) >= 11 is 1.65. The number of nitrogens with zero attached hydrogens (tertiary/aromatic N) is 3. The molecule has 5 rings (SSSR count). The van der Waals surface area contributed by atoms with Crippen molar-refractivity contribution < 1.29 is 13.9 Å². The van der Waals surface area contributed by atoms with Gasteiger partial charge in [-0.15, -0.1) is 11.3 Å². The van der Waals surface area contributed by atoms with Crippen molar-refractivity contribution in [2.75, 3.05) is 36.5 Å². The first-order valence-electron chi connectivity index (χ1n) is 11.4. The van der Waals surface area contributed by atoms with Crippen molar-refractivity contribution in [1.29, 1.82) is 0 Å².